The molecule has 5 heteroatoms. The first-order valence-electron chi connectivity index (χ1n) is 6.13. The first-order chi connectivity index (χ1) is 8.80. The lowest BCUT2D eigenvalue weighted by atomic mass is 9.99. The van der Waals surface area contributed by atoms with E-state index in [1.165, 1.54) is 0 Å². The predicted molar refractivity (Wildman–Crippen MR) is 72.6 cm³/mol. The number of rotatable bonds is 6. The van der Waals surface area contributed by atoms with E-state index in [4.69, 9.17) is 10.8 Å². The molecule has 0 spiro atoms. The third kappa shape index (κ3) is 5.52. The van der Waals surface area contributed by atoms with Gasteiger partial charge in [0, 0.05) is 5.54 Å². The van der Waals surface area contributed by atoms with Crippen LogP contribution in [0.5, 0.6) is 0 Å². The van der Waals surface area contributed by atoms with Crippen molar-refractivity contribution in [3.8, 4) is 0 Å². The molecule has 0 aromatic heterocycles. The molecule has 0 radical (unpaired) electrons. The third-order valence-electron chi connectivity index (χ3n) is 2.69. The van der Waals surface area contributed by atoms with Gasteiger partial charge >= 0.3 is 5.97 Å². The second kappa shape index (κ2) is 6.33. The van der Waals surface area contributed by atoms with Crippen LogP contribution in [0.15, 0.2) is 30.3 Å². The number of hydrogen-bond acceptors (Lipinski definition) is 3. The summed E-state index contributed by atoms with van der Waals surface area (Å²) in [5.74, 6) is -1.29. The van der Waals surface area contributed by atoms with Crippen LogP contribution in [0.1, 0.15) is 25.8 Å². The van der Waals surface area contributed by atoms with E-state index in [2.05, 4.69) is 5.32 Å². The minimum atomic E-state index is -0.957. The van der Waals surface area contributed by atoms with Gasteiger partial charge in [-0.2, -0.15) is 0 Å². The molecule has 1 aromatic carbocycles. The Kier molecular flexibility index (Phi) is 5.06. The highest BCUT2D eigenvalue weighted by Gasteiger charge is 2.26. The van der Waals surface area contributed by atoms with Crippen molar-refractivity contribution in [3.05, 3.63) is 35.9 Å². The van der Waals surface area contributed by atoms with Gasteiger partial charge in [0.2, 0.25) is 5.91 Å². The van der Waals surface area contributed by atoms with Gasteiger partial charge in [0.1, 0.15) is 0 Å². The molecular formula is C14H20N2O3. The maximum Gasteiger partial charge on any atom is 0.305 e. The standard InChI is InChI=1S/C14H20N2O3/c1-14(2,9-12(17)18)16-13(19)11(15)8-10-6-4-3-5-7-10/h3-7,11H,8-9,15H2,1-2H3,(H,16,19)(H,17,18)/t11-/m1/s1. The molecule has 0 bridgehead atoms. The van der Waals surface area contributed by atoms with Crippen molar-refractivity contribution in [2.45, 2.75) is 38.3 Å². The number of aliphatic carboxylic acids is 1. The van der Waals surface area contributed by atoms with E-state index in [0.717, 1.165) is 5.56 Å². The summed E-state index contributed by atoms with van der Waals surface area (Å²) in [5.41, 5.74) is 5.99. The first-order valence-corrected chi connectivity index (χ1v) is 6.13. The van der Waals surface area contributed by atoms with Crippen LogP contribution in [0, 0.1) is 0 Å². The third-order valence-corrected chi connectivity index (χ3v) is 2.69. The number of benzene rings is 1. The van der Waals surface area contributed by atoms with Gasteiger partial charge in [-0.25, -0.2) is 0 Å². The summed E-state index contributed by atoms with van der Waals surface area (Å²) in [4.78, 5) is 22.6. The van der Waals surface area contributed by atoms with Gasteiger partial charge in [-0.1, -0.05) is 30.3 Å². The average Bonchev–Trinajstić information content (AvgIpc) is 2.27. The average molecular weight is 264 g/mol. The fourth-order valence-electron chi connectivity index (χ4n) is 1.81. The molecule has 5 nitrogen and oxygen atoms in total. The fraction of sp³-hybridized carbons (Fsp3) is 0.429. The van der Waals surface area contributed by atoms with E-state index in [-0.39, 0.29) is 12.3 Å². The van der Waals surface area contributed by atoms with E-state index in [0.29, 0.717) is 6.42 Å². The molecule has 1 atom stereocenters. The lowest BCUT2D eigenvalue weighted by Gasteiger charge is -2.26. The van der Waals surface area contributed by atoms with Gasteiger partial charge in [0.15, 0.2) is 0 Å². The summed E-state index contributed by atoms with van der Waals surface area (Å²) in [5, 5.41) is 11.4. The van der Waals surface area contributed by atoms with Crippen molar-refractivity contribution in [1.82, 2.24) is 5.32 Å². The Balaban J connectivity index is 2.56. The molecular weight excluding hydrogens is 244 g/mol. The van der Waals surface area contributed by atoms with Gasteiger partial charge < -0.3 is 16.2 Å². The van der Waals surface area contributed by atoms with Gasteiger partial charge in [-0.05, 0) is 25.8 Å². The SMILES string of the molecule is CC(C)(CC(=O)O)NC(=O)[C@H](N)Cc1ccccc1. The number of carboxylic acid groups (broad SMARTS) is 1. The molecule has 0 saturated heterocycles. The number of carboxylic acids is 1. The number of carbonyl (C=O) groups is 2. The van der Waals surface area contributed by atoms with Gasteiger partial charge in [-0.3, -0.25) is 9.59 Å². The highest BCUT2D eigenvalue weighted by atomic mass is 16.4. The lowest BCUT2D eigenvalue weighted by molar-refractivity contribution is -0.138. The highest BCUT2D eigenvalue weighted by molar-refractivity contribution is 5.83. The van der Waals surface area contributed by atoms with Crippen molar-refractivity contribution in [2.75, 3.05) is 0 Å². The molecule has 1 rings (SSSR count). The minimum absolute atomic E-state index is 0.142. The quantitative estimate of drug-likeness (QED) is 0.712. The molecule has 4 N–H and O–H groups in total. The molecule has 1 aromatic rings. The number of amides is 1. The molecule has 0 unspecified atom stereocenters. The minimum Gasteiger partial charge on any atom is -0.481 e. The Morgan fingerprint density at radius 2 is 1.89 bits per heavy atom. The molecule has 0 saturated carbocycles. The number of hydrogen-bond donors (Lipinski definition) is 3. The highest BCUT2D eigenvalue weighted by Crippen LogP contribution is 2.09. The summed E-state index contributed by atoms with van der Waals surface area (Å²) in [7, 11) is 0. The monoisotopic (exact) mass is 264 g/mol. The maximum absolute atomic E-state index is 11.9. The van der Waals surface area contributed by atoms with Crippen LogP contribution in [0.3, 0.4) is 0 Å². The zero-order chi connectivity index (χ0) is 14.5. The van der Waals surface area contributed by atoms with Gasteiger partial charge in [-0.15, -0.1) is 0 Å². The van der Waals surface area contributed by atoms with Crippen molar-refractivity contribution in [2.24, 2.45) is 5.73 Å². The summed E-state index contributed by atoms with van der Waals surface area (Å²) < 4.78 is 0. The summed E-state index contributed by atoms with van der Waals surface area (Å²) in [6, 6.07) is 8.77. The summed E-state index contributed by atoms with van der Waals surface area (Å²) in [6.07, 6.45) is 0.284. The maximum atomic E-state index is 11.9. The van der Waals surface area contributed by atoms with Gasteiger partial charge in [0.05, 0.1) is 12.5 Å². The molecule has 19 heavy (non-hydrogen) atoms. The van der Waals surface area contributed by atoms with E-state index in [9.17, 15) is 9.59 Å². The van der Waals surface area contributed by atoms with E-state index < -0.39 is 17.6 Å². The molecule has 0 aliphatic rings. The molecule has 0 fully saturated rings. The summed E-state index contributed by atoms with van der Waals surface area (Å²) in [6.45, 7) is 3.32. The number of carbonyl (C=O) groups excluding carboxylic acids is 1. The fourth-order valence-corrected chi connectivity index (χ4v) is 1.81. The Hall–Kier alpha value is -1.88. The number of nitrogens with two attached hydrogens (primary N) is 1. The van der Waals surface area contributed by atoms with Crippen LogP contribution < -0.4 is 11.1 Å². The van der Waals surface area contributed by atoms with E-state index in [1.807, 2.05) is 30.3 Å². The van der Waals surface area contributed by atoms with Crippen molar-refractivity contribution in [1.29, 1.82) is 0 Å². The van der Waals surface area contributed by atoms with Crippen molar-refractivity contribution >= 4 is 11.9 Å². The topological polar surface area (TPSA) is 92.4 Å². The van der Waals surface area contributed by atoms with Gasteiger partial charge in [0.25, 0.3) is 0 Å². The molecule has 104 valence electrons. The van der Waals surface area contributed by atoms with Crippen molar-refractivity contribution in [3.63, 3.8) is 0 Å². The smallest absolute Gasteiger partial charge is 0.305 e. The second-order valence-corrected chi connectivity index (χ2v) is 5.24. The molecule has 1 amide bonds. The Morgan fingerprint density at radius 1 is 1.32 bits per heavy atom. The van der Waals surface area contributed by atoms with Crippen LogP contribution in [-0.4, -0.2) is 28.6 Å². The molecule has 0 heterocycles. The van der Waals surface area contributed by atoms with Crippen molar-refractivity contribution < 1.29 is 14.7 Å². The normalized spacial score (nSPS) is 12.8. The zero-order valence-electron chi connectivity index (χ0n) is 11.2. The van der Waals surface area contributed by atoms with Crippen LogP contribution in [0.2, 0.25) is 0 Å². The second-order valence-electron chi connectivity index (χ2n) is 5.24. The first kappa shape index (κ1) is 15.2. The van der Waals surface area contributed by atoms with E-state index in [1.54, 1.807) is 13.8 Å². The molecule has 0 aliphatic carbocycles. The lowest BCUT2D eigenvalue weighted by Crippen LogP contribution is -2.52. The largest absolute Gasteiger partial charge is 0.481 e. The molecule has 0 aliphatic heterocycles. The van der Waals surface area contributed by atoms with Crippen LogP contribution in [-0.2, 0) is 16.0 Å². The van der Waals surface area contributed by atoms with Crippen LogP contribution in [0.4, 0.5) is 0 Å². The Bertz CT molecular complexity index is 443. The summed E-state index contributed by atoms with van der Waals surface area (Å²) >= 11 is 0. The predicted octanol–water partition coefficient (Wildman–Crippen LogP) is 0.926. The Morgan fingerprint density at radius 3 is 2.42 bits per heavy atom. The van der Waals surface area contributed by atoms with Crippen LogP contribution >= 0.6 is 0 Å². The van der Waals surface area contributed by atoms with E-state index >= 15 is 0 Å². The number of nitrogens with one attached hydrogen (secondary N) is 1. The van der Waals surface area contributed by atoms with Crippen LogP contribution in [0.25, 0.3) is 0 Å². The zero-order valence-corrected chi connectivity index (χ0v) is 11.2. The Labute approximate surface area is 112 Å².